The lowest BCUT2D eigenvalue weighted by molar-refractivity contribution is -0.120. The van der Waals surface area contributed by atoms with Crippen LogP contribution in [0.1, 0.15) is 52.9 Å². The van der Waals surface area contributed by atoms with Gasteiger partial charge in [0.25, 0.3) is 0 Å². The summed E-state index contributed by atoms with van der Waals surface area (Å²) in [6.07, 6.45) is 5.38. The highest BCUT2D eigenvalue weighted by Crippen LogP contribution is 2.38. The summed E-state index contributed by atoms with van der Waals surface area (Å²) in [6.45, 7) is 6.75. The molecule has 1 saturated carbocycles. The van der Waals surface area contributed by atoms with Gasteiger partial charge in [0, 0.05) is 11.3 Å². The summed E-state index contributed by atoms with van der Waals surface area (Å²) in [5.74, 6) is 1.49. The summed E-state index contributed by atoms with van der Waals surface area (Å²) in [6, 6.07) is 0.272. The van der Waals surface area contributed by atoms with Crippen molar-refractivity contribution in [1.82, 2.24) is 5.32 Å². The SMILES string of the molecule is CC(C)(C)[C@@H]1CCCC[C@H]1NC(=O)CS[C@@H]1CCS(=O)(=O)C1. The average Bonchev–Trinajstić information content (AvgIpc) is 2.75. The highest BCUT2D eigenvalue weighted by Gasteiger charge is 2.35. The van der Waals surface area contributed by atoms with Crippen molar-refractivity contribution in [2.24, 2.45) is 11.3 Å². The van der Waals surface area contributed by atoms with Crippen molar-refractivity contribution in [3.05, 3.63) is 0 Å². The lowest BCUT2D eigenvalue weighted by Crippen LogP contribution is -2.47. The highest BCUT2D eigenvalue weighted by molar-refractivity contribution is 8.02. The minimum atomic E-state index is -2.85. The Balaban J connectivity index is 1.80. The van der Waals surface area contributed by atoms with Gasteiger partial charge in [0.2, 0.25) is 5.91 Å². The Labute approximate surface area is 139 Å². The molecule has 6 heteroatoms. The summed E-state index contributed by atoms with van der Waals surface area (Å²) in [5.41, 5.74) is 0.213. The van der Waals surface area contributed by atoms with Gasteiger partial charge in [-0.3, -0.25) is 4.79 Å². The van der Waals surface area contributed by atoms with Crippen LogP contribution >= 0.6 is 11.8 Å². The van der Waals surface area contributed by atoms with Crippen LogP contribution in [0.2, 0.25) is 0 Å². The minimum Gasteiger partial charge on any atom is -0.352 e. The second kappa shape index (κ2) is 7.12. The van der Waals surface area contributed by atoms with Crippen LogP contribution in [-0.2, 0) is 14.6 Å². The van der Waals surface area contributed by atoms with Gasteiger partial charge in [0.1, 0.15) is 0 Å². The van der Waals surface area contributed by atoms with Gasteiger partial charge in [-0.25, -0.2) is 8.42 Å². The van der Waals surface area contributed by atoms with Gasteiger partial charge >= 0.3 is 0 Å². The Hall–Kier alpha value is -0.230. The van der Waals surface area contributed by atoms with Crippen LogP contribution in [0.5, 0.6) is 0 Å². The van der Waals surface area contributed by atoms with E-state index in [1.807, 2.05) is 0 Å². The molecule has 2 rings (SSSR count). The van der Waals surface area contributed by atoms with Crippen LogP contribution in [0, 0.1) is 11.3 Å². The van der Waals surface area contributed by atoms with E-state index in [9.17, 15) is 13.2 Å². The van der Waals surface area contributed by atoms with Crippen molar-refractivity contribution in [1.29, 1.82) is 0 Å². The topological polar surface area (TPSA) is 63.2 Å². The number of hydrogen-bond acceptors (Lipinski definition) is 4. The monoisotopic (exact) mass is 347 g/mol. The van der Waals surface area contributed by atoms with E-state index >= 15 is 0 Å². The molecular formula is C16H29NO3S2. The molecule has 3 atom stereocenters. The Morgan fingerprint density at radius 3 is 2.45 bits per heavy atom. The molecule has 0 aromatic carbocycles. The lowest BCUT2D eigenvalue weighted by Gasteiger charge is -2.40. The molecule has 0 aromatic heterocycles. The van der Waals surface area contributed by atoms with Gasteiger partial charge in [0.05, 0.1) is 17.3 Å². The van der Waals surface area contributed by atoms with E-state index < -0.39 is 9.84 Å². The van der Waals surface area contributed by atoms with Crippen LogP contribution in [-0.4, -0.2) is 42.9 Å². The molecule has 0 bridgehead atoms. The first-order valence-corrected chi connectivity index (χ1v) is 11.2. The summed E-state index contributed by atoms with van der Waals surface area (Å²) < 4.78 is 22.9. The van der Waals surface area contributed by atoms with E-state index in [0.717, 1.165) is 6.42 Å². The first-order valence-electron chi connectivity index (χ1n) is 8.29. The van der Waals surface area contributed by atoms with E-state index in [1.54, 1.807) is 0 Å². The predicted octanol–water partition coefficient (Wildman–Crippen LogP) is 2.63. The van der Waals surface area contributed by atoms with Gasteiger partial charge in [-0.2, -0.15) is 0 Å². The number of thioether (sulfide) groups is 1. The maximum absolute atomic E-state index is 12.2. The van der Waals surface area contributed by atoms with E-state index in [0.29, 0.717) is 18.1 Å². The smallest absolute Gasteiger partial charge is 0.230 e. The zero-order valence-corrected chi connectivity index (χ0v) is 15.6. The van der Waals surface area contributed by atoms with Gasteiger partial charge in [-0.15, -0.1) is 11.8 Å². The van der Waals surface area contributed by atoms with Crippen molar-refractivity contribution in [2.75, 3.05) is 17.3 Å². The van der Waals surface area contributed by atoms with Gasteiger partial charge in [-0.05, 0) is 30.6 Å². The Kier molecular flexibility index (Phi) is 5.86. The molecule has 0 unspecified atom stereocenters. The number of carbonyl (C=O) groups excluding carboxylic acids is 1. The van der Waals surface area contributed by atoms with Crippen molar-refractivity contribution >= 4 is 27.5 Å². The maximum atomic E-state index is 12.2. The van der Waals surface area contributed by atoms with Crippen LogP contribution < -0.4 is 5.32 Å². The average molecular weight is 348 g/mol. The molecule has 1 N–H and O–H groups in total. The number of amides is 1. The van der Waals surface area contributed by atoms with Gasteiger partial charge in [0.15, 0.2) is 9.84 Å². The molecule has 1 heterocycles. The third-order valence-electron chi connectivity index (χ3n) is 4.87. The van der Waals surface area contributed by atoms with Crippen LogP contribution in [0.3, 0.4) is 0 Å². The Bertz CT molecular complexity index is 496. The van der Waals surface area contributed by atoms with Crippen LogP contribution in [0.15, 0.2) is 0 Å². The number of sulfone groups is 1. The van der Waals surface area contributed by atoms with Crippen molar-refractivity contribution in [2.45, 2.75) is 64.2 Å². The summed E-state index contributed by atoms with van der Waals surface area (Å²) in [7, 11) is -2.85. The van der Waals surface area contributed by atoms with Crippen molar-refractivity contribution < 1.29 is 13.2 Å². The molecule has 1 aliphatic heterocycles. The zero-order chi connectivity index (χ0) is 16.4. The van der Waals surface area contributed by atoms with Crippen molar-refractivity contribution in [3.8, 4) is 0 Å². The number of rotatable bonds is 4. The fraction of sp³-hybridized carbons (Fsp3) is 0.938. The third kappa shape index (κ3) is 5.15. The number of carbonyl (C=O) groups is 1. The van der Waals surface area contributed by atoms with E-state index in [2.05, 4.69) is 26.1 Å². The molecule has 1 saturated heterocycles. The molecule has 22 heavy (non-hydrogen) atoms. The highest BCUT2D eigenvalue weighted by atomic mass is 32.2. The Morgan fingerprint density at radius 1 is 1.18 bits per heavy atom. The minimum absolute atomic E-state index is 0.0652. The fourth-order valence-electron chi connectivity index (χ4n) is 3.67. The van der Waals surface area contributed by atoms with Gasteiger partial charge in [-0.1, -0.05) is 33.6 Å². The van der Waals surface area contributed by atoms with E-state index in [4.69, 9.17) is 0 Å². The normalized spacial score (nSPS) is 31.9. The molecule has 4 nitrogen and oxygen atoms in total. The number of hydrogen-bond donors (Lipinski definition) is 1. The summed E-state index contributed by atoms with van der Waals surface area (Å²) >= 11 is 1.50. The fourth-order valence-corrected chi connectivity index (χ4v) is 7.13. The summed E-state index contributed by atoms with van der Waals surface area (Å²) in [4.78, 5) is 12.2. The van der Waals surface area contributed by atoms with Crippen molar-refractivity contribution in [3.63, 3.8) is 0 Å². The molecular weight excluding hydrogens is 318 g/mol. The molecule has 128 valence electrons. The predicted molar refractivity (Wildman–Crippen MR) is 92.9 cm³/mol. The molecule has 0 radical (unpaired) electrons. The molecule has 0 spiro atoms. The lowest BCUT2D eigenvalue weighted by atomic mass is 9.69. The van der Waals surface area contributed by atoms with E-state index in [1.165, 1.54) is 31.0 Å². The molecule has 2 fully saturated rings. The summed E-state index contributed by atoms with van der Waals surface area (Å²) in [5, 5.41) is 3.31. The molecule has 0 aromatic rings. The quantitative estimate of drug-likeness (QED) is 0.849. The standard InChI is InChI=1S/C16H29NO3S2/c1-16(2,3)13-6-4-5-7-14(13)17-15(18)10-21-12-8-9-22(19,20)11-12/h12-14H,4-11H2,1-3H3,(H,17,18)/t12-,13-,14-/m1/s1. The molecule has 2 aliphatic rings. The van der Waals surface area contributed by atoms with Crippen LogP contribution in [0.4, 0.5) is 0 Å². The second-order valence-corrected chi connectivity index (χ2v) is 11.3. The number of nitrogens with one attached hydrogen (secondary N) is 1. The second-order valence-electron chi connectivity index (χ2n) is 7.77. The first kappa shape index (κ1) is 18.1. The zero-order valence-electron chi connectivity index (χ0n) is 13.9. The largest absolute Gasteiger partial charge is 0.352 e. The molecule has 1 aliphatic carbocycles. The van der Waals surface area contributed by atoms with Crippen LogP contribution in [0.25, 0.3) is 0 Å². The maximum Gasteiger partial charge on any atom is 0.230 e. The Morgan fingerprint density at radius 2 is 1.86 bits per heavy atom. The van der Waals surface area contributed by atoms with E-state index in [-0.39, 0.29) is 34.1 Å². The first-order chi connectivity index (χ1) is 10.2. The van der Waals surface area contributed by atoms with Gasteiger partial charge < -0.3 is 5.32 Å². The molecule has 1 amide bonds. The third-order valence-corrected chi connectivity index (χ3v) is 8.15.